The van der Waals surface area contributed by atoms with Crippen LogP contribution in [0.3, 0.4) is 0 Å². The van der Waals surface area contributed by atoms with E-state index in [-0.39, 0.29) is 31.7 Å². The molecular weight excluding hydrogens is 518 g/mol. The maximum Gasteiger partial charge on any atom is 0.407 e. The van der Waals surface area contributed by atoms with Crippen molar-refractivity contribution in [3.05, 3.63) is 113 Å². The second kappa shape index (κ2) is 14.0. The van der Waals surface area contributed by atoms with E-state index in [0.29, 0.717) is 24.3 Å². The molecule has 0 unspecified atom stereocenters. The number of amides is 1. The molecule has 3 aromatic rings. The number of aliphatic hydroxyl groups excluding tert-OH is 1. The predicted octanol–water partition coefficient (Wildman–Crippen LogP) is 5.15. The van der Waals surface area contributed by atoms with Crippen molar-refractivity contribution in [1.82, 2.24) is 10.6 Å². The fourth-order valence-corrected chi connectivity index (χ4v) is 4.87. The summed E-state index contributed by atoms with van der Waals surface area (Å²) in [5, 5.41) is 17.2. The van der Waals surface area contributed by atoms with Crippen LogP contribution in [0.2, 0.25) is 0 Å². The Morgan fingerprint density at radius 3 is 2.52 bits per heavy atom. The van der Waals surface area contributed by atoms with Crippen molar-refractivity contribution < 1.29 is 32.9 Å². The van der Waals surface area contributed by atoms with Crippen molar-refractivity contribution in [3.8, 4) is 5.75 Å². The van der Waals surface area contributed by atoms with Gasteiger partial charge in [0, 0.05) is 18.7 Å². The Bertz CT molecular complexity index is 1270. The van der Waals surface area contributed by atoms with Crippen LogP contribution in [-0.2, 0) is 22.5 Å². The van der Waals surface area contributed by atoms with E-state index in [4.69, 9.17) is 14.2 Å². The lowest BCUT2D eigenvalue weighted by atomic mass is 10.00. The molecule has 4 atom stereocenters. The van der Waals surface area contributed by atoms with Gasteiger partial charge < -0.3 is 30.0 Å². The summed E-state index contributed by atoms with van der Waals surface area (Å²) in [6, 6.07) is 17.0. The molecule has 1 aliphatic rings. The molecule has 0 bridgehead atoms. The molecule has 1 amide bonds. The summed E-state index contributed by atoms with van der Waals surface area (Å²) in [5.41, 5.74) is 3.09. The number of benzene rings is 3. The summed E-state index contributed by atoms with van der Waals surface area (Å²) in [5.74, 6) is -0.783. The minimum Gasteiger partial charge on any atom is -0.497 e. The Balaban J connectivity index is 1.45. The number of fused-ring (bicyclic) bond motifs is 1. The standard InChI is InChI=1S/C31H34F2N2O5/c1-3-11-39-30-17-27(26-16-24(38-2)9-10-25(26)30)34-18-29(36)28(14-21-12-22(32)15-23(33)13-21)35-31(37)40-19-20-7-5-4-6-8-20/h3-10,12-13,15-16,27-30,34,36H,1,11,14,17-19H2,2H3,(H,35,37)/t27-,28-,29+,30-/m0/s1. The van der Waals surface area contributed by atoms with Gasteiger partial charge in [-0.2, -0.15) is 0 Å². The Morgan fingerprint density at radius 1 is 1.07 bits per heavy atom. The second-order valence-corrected chi connectivity index (χ2v) is 9.66. The molecule has 1 aliphatic carbocycles. The van der Waals surface area contributed by atoms with Crippen molar-refractivity contribution in [2.75, 3.05) is 20.3 Å². The quantitative estimate of drug-likeness (QED) is 0.254. The number of carbonyl (C=O) groups excluding carboxylic acids is 1. The van der Waals surface area contributed by atoms with Gasteiger partial charge >= 0.3 is 6.09 Å². The zero-order valence-corrected chi connectivity index (χ0v) is 22.3. The normalized spacial score (nSPS) is 17.5. The van der Waals surface area contributed by atoms with E-state index in [1.54, 1.807) is 13.2 Å². The molecular formula is C31H34F2N2O5. The molecule has 7 nitrogen and oxygen atoms in total. The topological polar surface area (TPSA) is 89.1 Å². The molecule has 0 radical (unpaired) electrons. The van der Waals surface area contributed by atoms with Gasteiger partial charge in [-0.1, -0.05) is 42.5 Å². The van der Waals surface area contributed by atoms with Crippen LogP contribution in [0.1, 0.15) is 40.8 Å². The molecule has 0 saturated carbocycles. The lowest BCUT2D eigenvalue weighted by Gasteiger charge is -2.26. The van der Waals surface area contributed by atoms with Crippen LogP contribution in [0.5, 0.6) is 5.75 Å². The molecule has 0 saturated heterocycles. The average molecular weight is 553 g/mol. The van der Waals surface area contributed by atoms with Crippen LogP contribution >= 0.6 is 0 Å². The fourth-order valence-electron chi connectivity index (χ4n) is 4.87. The largest absolute Gasteiger partial charge is 0.497 e. The van der Waals surface area contributed by atoms with Crippen molar-refractivity contribution in [1.29, 1.82) is 0 Å². The summed E-state index contributed by atoms with van der Waals surface area (Å²) in [6.45, 7) is 4.23. The van der Waals surface area contributed by atoms with Crippen molar-refractivity contribution >= 4 is 6.09 Å². The van der Waals surface area contributed by atoms with Gasteiger partial charge in [0.15, 0.2) is 0 Å². The zero-order chi connectivity index (χ0) is 28.5. The van der Waals surface area contributed by atoms with Gasteiger partial charge in [-0.3, -0.25) is 0 Å². The monoisotopic (exact) mass is 552 g/mol. The fraction of sp³-hybridized carbons (Fsp3) is 0.323. The highest BCUT2D eigenvalue weighted by Crippen LogP contribution is 2.42. The number of hydrogen-bond acceptors (Lipinski definition) is 6. The van der Waals surface area contributed by atoms with Crippen LogP contribution < -0.4 is 15.4 Å². The molecule has 0 spiro atoms. The van der Waals surface area contributed by atoms with Crippen molar-refractivity contribution in [2.45, 2.75) is 43.7 Å². The average Bonchev–Trinajstić information content (AvgIpc) is 3.29. The first-order chi connectivity index (χ1) is 19.4. The summed E-state index contributed by atoms with van der Waals surface area (Å²) >= 11 is 0. The van der Waals surface area contributed by atoms with E-state index in [2.05, 4.69) is 17.2 Å². The molecule has 0 aliphatic heterocycles. The lowest BCUT2D eigenvalue weighted by Crippen LogP contribution is -2.49. The third-order valence-electron chi connectivity index (χ3n) is 6.81. The van der Waals surface area contributed by atoms with E-state index in [1.807, 2.05) is 48.5 Å². The number of alkyl carbamates (subject to hydrolysis) is 1. The van der Waals surface area contributed by atoms with Gasteiger partial charge in [0.1, 0.15) is 24.0 Å². The molecule has 0 fully saturated rings. The first-order valence-electron chi connectivity index (χ1n) is 13.1. The van der Waals surface area contributed by atoms with E-state index in [9.17, 15) is 18.7 Å². The smallest absolute Gasteiger partial charge is 0.407 e. The van der Waals surface area contributed by atoms with Crippen molar-refractivity contribution in [2.24, 2.45) is 0 Å². The third-order valence-corrected chi connectivity index (χ3v) is 6.81. The predicted molar refractivity (Wildman–Crippen MR) is 147 cm³/mol. The Hall–Kier alpha value is -3.79. The first-order valence-corrected chi connectivity index (χ1v) is 13.1. The lowest BCUT2D eigenvalue weighted by molar-refractivity contribution is 0.0667. The molecule has 212 valence electrons. The van der Waals surface area contributed by atoms with Gasteiger partial charge in [0.25, 0.3) is 0 Å². The molecule has 3 N–H and O–H groups in total. The number of ether oxygens (including phenoxy) is 3. The van der Waals surface area contributed by atoms with E-state index >= 15 is 0 Å². The van der Waals surface area contributed by atoms with Gasteiger partial charge in [0.05, 0.1) is 32.0 Å². The highest BCUT2D eigenvalue weighted by Gasteiger charge is 2.33. The molecule has 3 aromatic carbocycles. The van der Waals surface area contributed by atoms with Gasteiger partial charge in [-0.25, -0.2) is 13.6 Å². The zero-order valence-electron chi connectivity index (χ0n) is 22.3. The molecule has 4 rings (SSSR count). The maximum absolute atomic E-state index is 13.9. The van der Waals surface area contributed by atoms with E-state index < -0.39 is 29.9 Å². The first kappa shape index (κ1) is 29.2. The number of aliphatic hydroxyl groups is 1. The summed E-state index contributed by atoms with van der Waals surface area (Å²) in [7, 11) is 1.59. The SMILES string of the molecule is C=CCO[C@H]1C[C@H](NC[C@@H](O)[C@H](Cc2cc(F)cc(F)c2)NC(=O)OCc2ccccc2)c2cc(OC)ccc21. The number of carbonyl (C=O) groups is 1. The summed E-state index contributed by atoms with van der Waals surface area (Å²) in [4.78, 5) is 12.6. The molecule has 40 heavy (non-hydrogen) atoms. The van der Waals surface area contributed by atoms with E-state index in [0.717, 1.165) is 22.8 Å². The highest BCUT2D eigenvalue weighted by atomic mass is 19.1. The Morgan fingerprint density at radius 2 is 1.82 bits per heavy atom. The van der Waals surface area contributed by atoms with Crippen LogP contribution in [0.4, 0.5) is 13.6 Å². The minimum absolute atomic E-state index is 0.0158. The number of nitrogens with one attached hydrogen (secondary N) is 2. The number of methoxy groups -OCH3 is 1. The van der Waals surface area contributed by atoms with Gasteiger partial charge in [0.2, 0.25) is 0 Å². The van der Waals surface area contributed by atoms with Crippen molar-refractivity contribution in [3.63, 3.8) is 0 Å². The third kappa shape index (κ3) is 7.88. The van der Waals surface area contributed by atoms with Crippen LogP contribution in [0, 0.1) is 11.6 Å². The summed E-state index contributed by atoms with van der Waals surface area (Å²) in [6.07, 6.45) is 0.269. The number of halogens is 2. The van der Waals surface area contributed by atoms with Crippen LogP contribution in [-0.4, -0.2) is 43.6 Å². The number of rotatable bonds is 13. The molecule has 0 aromatic heterocycles. The second-order valence-electron chi connectivity index (χ2n) is 9.66. The Labute approximate surface area is 232 Å². The van der Waals surface area contributed by atoms with Gasteiger partial charge in [-0.15, -0.1) is 6.58 Å². The summed E-state index contributed by atoms with van der Waals surface area (Å²) < 4.78 is 44.4. The molecule has 0 heterocycles. The Kier molecular flexibility index (Phi) is 10.2. The van der Waals surface area contributed by atoms with Crippen LogP contribution in [0.25, 0.3) is 0 Å². The highest BCUT2D eigenvalue weighted by molar-refractivity contribution is 5.67. The van der Waals surface area contributed by atoms with Crippen LogP contribution in [0.15, 0.2) is 79.4 Å². The molecule has 9 heteroatoms. The minimum atomic E-state index is -1.11. The maximum atomic E-state index is 13.9. The number of hydrogen-bond donors (Lipinski definition) is 3. The van der Waals surface area contributed by atoms with Gasteiger partial charge in [-0.05, 0) is 59.4 Å². The van der Waals surface area contributed by atoms with E-state index in [1.165, 1.54) is 12.1 Å².